The molecule has 1 atom stereocenters. The quantitative estimate of drug-likeness (QED) is 0.286. The molecular weight excluding hydrogens is 519 g/mol. The molecule has 1 fully saturated rings. The largest absolute Gasteiger partial charge is 0.418 e. The van der Waals surface area contributed by atoms with Crippen molar-refractivity contribution in [1.29, 1.82) is 0 Å². The van der Waals surface area contributed by atoms with Crippen LogP contribution in [-0.2, 0) is 20.1 Å². The van der Waals surface area contributed by atoms with Crippen molar-refractivity contribution in [2.45, 2.75) is 38.1 Å². The molecule has 4 aromatic rings. The minimum atomic E-state index is -4.77. The number of hydrogen-bond acceptors (Lipinski definition) is 5. The van der Waals surface area contributed by atoms with Crippen LogP contribution in [0.25, 0.3) is 22.3 Å². The van der Waals surface area contributed by atoms with E-state index >= 15 is 0 Å². The molecule has 6 rings (SSSR count). The van der Waals surface area contributed by atoms with Crippen molar-refractivity contribution in [1.82, 2.24) is 24.2 Å². The van der Waals surface area contributed by atoms with Crippen LogP contribution in [0.1, 0.15) is 35.6 Å². The first-order valence-corrected chi connectivity index (χ1v) is 12.8. The Kier molecular flexibility index (Phi) is 6.03. The van der Waals surface area contributed by atoms with E-state index in [4.69, 9.17) is 16.7 Å². The summed E-state index contributed by atoms with van der Waals surface area (Å²) in [5.41, 5.74) is 3.93. The molecule has 8 nitrogen and oxygen atoms in total. The predicted octanol–water partition coefficient (Wildman–Crippen LogP) is 6.06. The van der Waals surface area contributed by atoms with Crippen LogP contribution in [0.15, 0.2) is 41.8 Å². The molecule has 3 aromatic heterocycles. The lowest BCUT2D eigenvalue weighted by Gasteiger charge is -2.34. The van der Waals surface area contributed by atoms with E-state index in [-0.39, 0.29) is 5.56 Å². The molecule has 1 aliphatic carbocycles. The fourth-order valence-corrected chi connectivity index (χ4v) is 5.62. The van der Waals surface area contributed by atoms with Crippen LogP contribution in [0.5, 0.6) is 0 Å². The van der Waals surface area contributed by atoms with Gasteiger partial charge in [0.15, 0.2) is 5.82 Å². The summed E-state index contributed by atoms with van der Waals surface area (Å²) in [6.07, 6.45) is 0.852. The van der Waals surface area contributed by atoms with Crippen LogP contribution >= 0.6 is 11.6 Å². The summed E-state index contributed by atoms with van der Waals surface area (Å²) < 4.78 is 44.2. The highest BCUT2D eigenvalue weighted by Gasteiger charge is 2.43. The van der Waals surface area contributed by atoms with Gasteiger partial charge in [-0.1, -0.05) is 16.8 Å². The number of fused-ring (bicyclic) bond motifs is 2. The highest BCUT2D eigenvalue weighted by Crippen LogP contribution is 2.42. The lowest BCUT2D eigenvalue weighted by atomic mass is 10.1. The normalized spacial score (nSPS) is 17.3. The minimum Gasteiger partial charge on any atom is -0.361 e. The first kappa shape index (κ1) is 25.0. The van der Waals surface area contributed by atoms with Crippen molar-refractivity contribution in [3.8, 4) is 11.4 Å². The molecule has 12 heteroatoms. The van der Waals surface area contributed by atoms with Gasteiger partial charge in [-0.15, -0.1) is 4.91 Å². The first-order chi connectivity index (χ1) is 18.1. The zero-order valence-corrected chi connectivity index (χ0v) is 21.7. The molecule has 1 N–H and O–H groups in total. The maximum Gasteiger partial charge on any atom is 0.418 e. The molecule has 1 saturated carbocycles. The number of halogens is 4. The van der Waals surface area contributed by atoms with Crippen LogP contribution in [0.4, 0.5) is 19.0 Å². The molecule has 1 aliphatic heterocycles. The molecule has 38 heavy (non-hydrogen) atoms. The summed E-state index contributed by atoms with van der Waals surface area (Å²) >= 11 is 6.28. The molecule has 1 aromatic carbocycles. The van der Waals surface area contributed by atoms with Crippen LogP contribution in [0, 0.1) is 10.8 Å². The third-order valence-corrected chi connectivity index (χ3v) is 7.63. The third-order valence-electron chi connectivity index (χ3n) is 7.39. The topological polar surface area (TPSA) is 74.5 Å². The number of alkyl halides is 3. The van der Waals surface area contributed by atoms with Crippen molar-refractivity contribution in [2.24, 2.45) is 18.1 Å². The number of nitrogens with zero attached hydrogens (tertiary/aromatic N) is 6. The van der Waals surface area contributed by atoms with E-state index in [2.05, 4.69) is 20.0 Å². The van der Waals surface area contributed by atoms with Gasteiger partial charge in [0.05, 0.1) is 24.6 Å². The van der Waals surface area contributed by atoms with Crippen LogP contribution in [-0.4, -0.2) is 50.7 Å². The molecule has 0 bridgehead atoms. The van der Waals surface area contributed by atoms with Crippen molar-refractivity contribution in [3.63, 3.8) is 0 Å². The first-order valence-electron chi connectivity index (χ1n) is 12.5. The van der Waals surface area contributed by atoms with Crippen molar-refractivity contribution in [3.05, 3.63) is 63.3 Å². The zero-order chi connectivity index (χ0) is 26.8. The third kappa shape index (κ3) is 4.47. The number of aromatic amines is 1. The molecule has 0 spiro atoms. The van der Waals surface area contributed by atoms with Crippen molar-refractivity contribution < 1.29 is 13.2 Å². The summed E-state index contributed by atoms with van der Waals surface area (Å²) in [5.74, 6) is 1.48. The van der Waals surface area contributed by atoms with Crippen LogP contribution < -0.4 is 4.90 Å². The molecule has 0 amide bonds. The summed E-state index contributed by atoms with van der Waals surface area (Å²) in [6, 6.07) is 4.61. The Balaban J connectivity index is 1.50. The molecule has 2 aliphatic rings. The van der Waals surface area contributed by atoms with Crippen molar-refractivity contribution in [2.75, 3.05) is 25.2 Å². The predicted molar refractivity (Wildman–Crippen MR) is 140 cm³/mol. The maximum absolute atomic E-state index is 13.6. The zero-order valence-electron chi connectivity index (χ0n) is 21.0. The van der Waals surface area contributed by atoms with Gasteiger partial charge in [0.2, 0.25) is 6.04 Å². The Morgan fingerprint density at radius 3 is 2.74 bits per heavy atom. The lowest BCUT2D eigenvalue weighted by molar-refractivity contribution is -0.148. The van der Waals surface area contributed by atoms with E-state index in [1.54, 1.807) is 11.6 Å². The Morgan fingerprint density at radius 2 is 2.03 bits per heavy atom. The summed E-state index contributed by atoms with van der Waals surface area (Å²) in [4.78, 5) is 18.9. The summed E-state index contributed by atoms with van der Waals surface area (Å²) in [6.45, 7) is 2.60. The number of benzene rings is 1. The number of rotatable bonds is 7. The number of nitroso groups, excluding NO2 is 1. The molecule has 0 radical (unpaired) electrons. The number of aromatic nitrogens is 4. The summed E-state index contributed by atoms with van der Waals surface area (Å²) in [5, 5.41) is 9.01. The number of anilines is 1. The van der Waals surface area contributed by atoms with E-state index in [0.29, 0.717) is 29.7 Å². The average molecular weight is 546 g/mol. The van der Waals surface area contributed by atoms with E-state index in [1.165, 1.54) is 25.1 Å². The molecule has 0 saturated heterocycles. The fourth-order valence-electron chi connectivity index (χ4n) is 5.45. The van der Waals surface area contributed by atoms with Gasteiger partial charge in [-0.25, -0.2) is 0 Å². The molecule has 1 unspecified atom stereocenters. The van der Waals surface area contributed by atoms with Gasteiger partial charge in [-0.2, -0.15) is 18.3 Å². The second-order valence-electron chi connectivity index (χ2n) is 10.5. The smallest absolute Gasteiger partial charge is 0.361 e. The monoisotopic (exact) mass is 545 g/mol. The Bertz CT molecular complexity index is 1520. The van der Waals surface area contributed by atoms with Gasteiger partial charge >= 0.3 is 6.18 Å². The number of H-pyrrole nitrogens is 1. The Labute approximate surface area is 221 Å². The minimum absolute atomic E-state index is 0.190. The van der Waals surface area contributed by atoms with Gasteiger partial charge in [0.25, 0.3) is 0 Å². The average Bonchev–Trinajstić information content (AvgIpc) is 3.30. The number of hydrogen-bond donors (Lipinski definition) is 1. The molecule has 4 heterocycles. The van der Waals surface area contributed by atoms with Crippen LogP contribution in [0.3, 0.4) is 0 Å². The van der Waals surface area contributed by atoms with Crippen LogP contribution in [0.2, 0.25) is 5.02 Å². The summed E-state index contributed by atoms with van der Waals surface area (Å²) in [7, 11) is 3.71. The van der Waals surface area contributed by atoms with E-state index in [0.717, 1.165) is 46.8 Å². The van der Waals surface area contributed by atoms with E-state index in [1.807, 2.05) is 36.1 Å². The Morgan fingerprint density at radius 1 is 1.24 bits per heavy atom. The van der Waals surface area contributed by atoms with Crippen molar-refractivity contribution >= 4 is 28.3 Å². The fraction of sp³-hybridized carbons (Fsp3) is 0.423. The number of nitrogens with one attached hydrogen (secondary N) is 1. The molecular formula is C26H27ClF3N7O. The number of aryl methyl sites for hydroxylation is 1. The van der Waals surface area contributed by atoms with Gasteiger partial charge < -0.3 is 14.5 Å². The van der Waals surface area contributed by atoms with Gasteiger partial charge in [-0.05, 0) is 55.6 Å². The second-order valence-corrected chi connectivity index (χ2v) is 10.9. The SMILES string of the molecule is CN1Cc2c(nn(Cc3c[nH]c4ccc(Cl)cc34)c2-c2cc(C(N=O)C(F)(F)F)cn2C)N(CC2CC2)C1. The Hall–Kier alpha value is -3.31. The highest BCUT2D eigenvalue weighted by atomic mass is 35.5. The van der Waals surface area contributed by atoms with E-state index in [9.17, 15) is 18.1 Å². The maximum atomic E-state index is 13.6. The lowest BCUT2D eigenvalue weighted by Crippen LogP contribution is -2.41. The van der Waals surface area contributed by atoms with Gasteiger partial charge in [0.1, 0.15) is 0 Å². The van der Waals surface area contributed by atoms with Gasteiger partial charge in [0, 0.05) is 59.6 Å². The van der Waals surface area contributed by atoms with Gasteiger partial charge in [-0.3, -0.25) is 9.58 Å². The van der Waals surface area contributed by atoms with E-state index < -0.39 is 12.2 Å². The standard InChI is InChI=1S/C26H27ClF3N7O/c1-34-13-20-23(22-7-16(11-35(22)2)24(33-38)26(28,29)30)37(32-25(20)36(14-34)10-15-3-4-15)12-17-9-31-21-6-5-18(27)8-19(17)21/h5-9,11,15,24,31H,3-4,10,12-14H2,1-2H3. The highest BCUT2D eigenvalue weighted by molar-refractivity contribution is 6.31. The molecule has 200 valence electrons. The second kappa shape index (κ2) is 9.16.